The highest BCUT2D eigenvalue weighted by Gasteiger charge is 2.28. The van der Waals surface area contributed by atoms with Gasteiger partial charge in [-0.3, -0.25) is 4.79 Å². The Hall–Kier alpha value is -2.86. The van der Waals surface area contributed by atoms with Crippen LogP contribution in [0.15, 0.2) is 48.5 Å². The van der Waals surface area contributed by atoms with Crippen LogP contribution in [0.4, 0.5) is 11.4 Å². The van der Waals surface area contributed by atoms with Crippen LogP contribution in [0.2, 0.25) is 5.02 Å². The lowest BCUT2D eigenvalue weighted by atomic mass is 10.1. The smallest absolute Gasteiger partial charge is 0.298 e. The molecule has 3 aromatic rings. The van der Waals surface area contributed by atoms with Gasteiger partial charge in [0.2, 0.25) is 5.82 Å². The maximum atomic E-state index is 13.1. The highest BCUT2D eigenvalue weighted by atomic mass is 35.5. The quantitative estimate of drug-likeness (QED) is 0.697. The fourth-order valence-corrected chi connectivity index (χ4v) is 3.27. The van der Waals surface area contributed by atoms with E-state index in [1.165, 1.54) is 0 Å². The van der Waals surface area contributed by atoms with Crippen molar-refractivity contribution in [3.8, 4) is 5.69 Å². The average Bonchev–Trinajstić information content (AvgIpc) is 3.04. The molecule has 0 atom stereocenters. The molecule has 0 N–H and O–H groups in total. The fourth-order valence-electron chi connectivity index (χ4n) is 3.15. The maximum Gasteiger partial charge on any atom is 0.298 e. The summed E-state index contributed by atoms with van der Waals surface area (Å²) in [5.74, 6) is 0.649. The van der Waals surface area contributed by atoms with E-state index >= 15 is 0 Å². The van der Waals surface area contributed by atoms with Gasteiger partial charge in [-0.2, -0.15) is 0 Å². The zero-order valence-electron chi connectivity index (χ0n) is 14.6. The Morgan fingerprint density at radius 1 is 1.04 bits per heavy atom. The zero-order valence-corrected chi connectivity index (χ0v) is 15.3. The van der Waals surface area contributed by atoms with Crippen LogP contribution < -0.4 is 9.80 Å². The van der Waals surface area contributed by atoms with Crippen molar-refractivity contribution < 1.29 is 4.79 Å². The normalized spacial score (nSPS) is 13.7. The number of nitrogens with zero attached hydrogens (tertiary/aromatic N) is 5. The molecule has 0 radical (unpaired) electrons. The molecule has 0 saturated heterocycles. The number of halogens is 1. The van der Waals surface area contributed by atoms with Gasteiger partial charge in [-0.1, -0.05) is 23.7 Å². The van der Waals surface area contributed by atoms with Gasteiger partial charge in [0, 0.05) is 25.2 Å². The SMILES string of the molecule is Cc1nc(C(=O)N2CCN(C)c3ccccc32)nn1-c1ccc(Cl)cc1. The van der Waals surface area contributed by atoms with Crippen LogP contribution in [0.3, 0.4) is 0 Å². The molecule has 2 heterocycles. The van der Waals surface area contributed by atoms with E-state index in [1.807, 2.05) is 50.4 Å². The molecule has 1 amide bonds. The summed E-state index contributed by atoms with van der Waals surface area (Å²) in [4.78, 5) is 21.3. The van der Waals surface area contributed by atoms with E-state index in [0.29, 0.717) is 17.4 Å². The third-order valence-corrected chi connectivity index (χ3v) is 4.77. The van der Waals surface area contributed by atoms with Crippen LogP contribution in [0.5, 0.6) is 0 Å². The number of rotatable bonds is 2. The molecule has 1 aliphatic rings. The summed E-state index contributed by atoms with van der Waals surface area (Å²) in [7, 11) is 2.03. The van der Waals surface area contributed by atoms with Crippen LogP contribution in [-0.2, 0) is 0 Å². The molecule has 4 rings (SSSR count). The fraction of sp³-hybridized carbons (Fsp3) is 0.211. The van der Waals surface area contributed by atoms with Crippen molar-refractivity contribution in [2.45, 2.75) is 6.92 Å². The maximum absolute atomic E-state index is 13.1. The van der Waals surface area contributed by atoms with E-state index in [2.05, 4.69) is 15.0 Å². The number of anilines is 2. The second-order valence-electron chi connectivity index (χ2n) is 6.24. The number of benzene rings is 2. The van der Waals surface area contributed by atoms with Crippen LogP contribution in [0.1, 0.15) is 16.4 Å². The molecule has 0 fully saturated rings. The number of hydrogen-bond acceptors (Lipinski definition) is 4. The van der Waals surface area contributed by atoms with Crippen molar-refractivity contribution in [2.24, 2.45) is 0 Å². The van der Waals surface area contributed by atoms with Gasteiger partial charge in [0.15, 0.2) is 0 Å². The second kappa shape index (κ2) is 6.46. The Labute approximate surface area is 156 Å². The molecule has 2 aromatic carbocycles. The zero-order chi connectivity index (χ0) is 18.3. The first-order chi connectivity index (χ1) is 12.5. The average molecular weight is 368 g/mol. The number of carbonyl (C=O) groups is 1. The molecule has 0 spiro atoms. The highest BCUT2D eigenvalue weighted by Crippen LogP contribution is 2.32. The van der Waals surface area contributed by atoms with Gasteiger partial charge in [-0.25, -0.2) is 9.67 Å². The Morgan fingerprint density at radius 3 is 2.46 bits per heavy atom. The summed E-state index contributed by atoms with van der Waals surface area (Å²) in [6, 6.07) is 15.1. The van der Waals surface area contributed by atoms with E-state index in [-0.39, 0.29) is 11.7 Å². The molecule has 0 bridgehead atoms. The molecule has 7 heteroatoms. The molecule has 6 nitrogen and oxygen atoms in total. The van der Waals surface area contributed by atoms with E-state index in [4.69, 9.17) is 11.6 Å². The lowest BCUT2D eigenvalue weighted by molar-refractivity contribution is 0.0977. The minimum Gasteiger partial charge on any atom is -0.371 e. The van der Waals surface area contributed by atoms with Crippen LogP contribution in [-0.4, -0.2) is 40.8 Å². The number of aromatic nitrogens is 3. The topological polar surface area (TPSA) is 54.3 Å². The number of fused-ring (bicyclic) bond motifs is 1. The number of likely N-dealkylation sites (N-methyl/N-ethyl adjacent to an activating group) is 1. The van der Waals surface area contributed by atoms with Crippen LogP contribution in [0, 0.1) is 6.92 Å². The van der Waals surface area contributed by atoms with Crippen molar-refractivity contribution in [1.29, 1.82) is 0 Å². The lowest BCUT2D eigenvalue weighted by Crippen LogP contribution is -2.43. The molecule has 1 aliphatic heterocycles. The van der Waals surface area contributed by atoms with Crippen molar-refractivity contribution in [2.75, 3.05) is 29.9 Å². The number of hydrogen-bond donors (Lipinski definition) is 0. The Kier molecular flexibility index (Phi) is 4.12. The molecule has 0 aliphatic carbocycles. The number of aryl methyl sites for hydroxylation is 1. The van der Waals surface area contributed by atoms with Crippen molar-refractivity contribution in [3.63, 3.8) is 0 Å². The Balaban J connectivity index is 1.69. The van der Waals surface area contributed by atoms with Crippen LogP contribution >= 0.6 is 11.6 Å². The number of para-hydroxylation sites is 2. The summed E-state index contributed by atoms with van der Waals surface area (Å²) in [5, 5.41) is 5.08. The van der Waals surface area contributed by atoms with E-state index in [9.17, 15) is 4.79 Å². The van der Waals surface area contributed by atoms with E-state index in [1.54, 1.807) is 21.7 Å². The van der Waals surface area contributed by atoms with E-state index in [0.717, 1.165) is 23.6 Å². The molecular weight excluding hydrogens is 350 g/mol. The minimum absolute atomic E-state index is 0.191. The van der Waals surface area contributed by atoms with Gasteiger partial charge >= 0.3 is 0 Å². The standard InChI is InChI=1S/C19H18ClN5O/c1-13-21-18(22-25(13)15-9-7-14(20)8-10-15)19(26)24-12-11-23(2)16-5-3-4-6-17(16)24/h3-10H,11-12H2,1-2H3. The van der Waals surface area contributed by atoms with Gasteiger partial charge in [-0.15, -0.1) is 5.10 Å². The summed E-state index contributed by atoms with van der Waals surface area (Å²) in [6.07, 6.45) is 0. The first-order valence-electron chi connectivity index (χ1n) is 8.36. The summed E-state index contributed by atoms with van der Waals surface area (Å²) < 4.78 is 1.66. The molecule has 132 valence electrons. The van der Waals surface area contributed by atoms with Gasteiger partial charge in [-0.05, 0) is 43.3 Å². The van der Waals surface area contributed by atoms with Crippen molar-refractivity contribution in [1.82, 2.24) is 14.8 Å². The highest BCUT2D eigenvalue weighted by molar-refractivity contribution is 6.30. The first-order valence-corrected chi connectivity index (χ1v) is 8.74. The third kappa shape index (κ3) is 2.82. The molecule has 0 unspecified atom stereocenters. The third-order valence-electron chi connectivity index (χ3n) is 4.52. The van der Waals surface area contributed by atoms with E-state index < -0.39 is 0 Å². The summed E-state index contributed by atoms with van der Waals surface area (Å²) in [5.41, 5.74) is 2.73. The molecule has 26 heavy (non-hydrogen) atoms. The summed E-state index contributed by atoms with van der Waals surface area (Å²) in [6.45, 7) is 3.19. The molecule has 1 aromatic heterocycles. The predicted molar refractivity (Wildman–Crippen MR) is 102 cm³/mol. The Bertz CT molecular complexity index is 966. The van der Waals surface area contributed by atoms with Crippen LogP contribution in [0.25, 0.3) is 5.69 Å². The molecular formula is C19H18ClN5O. The largest absolute Gasteiger partial charge is 0.371 e. The molecule has 0 saturated carbocycles. The van der Waals surface area contributed by atoms with Crippen molar-refractivity contribution in [3.05, 3.63) is 65.2 Å². The Morgan fingerprint density at radius 2 is 1.73 bits per heavy atom. The number of carbonyl (C=O) groups excluding carboxylic acids is 1. The summed E-state index contributed by atoms with van der Waals surface area (Å²) >= 11 is 5.95. The van der Waals surface area contributed by atoms with Gasteiger partial charge in [0.1, 0.15) is 5.82 Å². The second-order valence-corrected chi connectivity index (χ2v) is 6.67. The minimum atomic E-state index is -0.193. The lowest BCUT2D eigenvalue weighted by Gasteiger charge is -2.35. The number of amides is 1. The van der Waals surface area contributed by atoms with Gasteiger partial charge in [0.05, 0.1) is 17.1 Å². The first kappa shape index (κ1) is 16.6. The predicted octanol–water partition coefficient (Wildman–Crippen LogP) is 3.33. The van der Waals surface area contributed by atoms with Gasteiger partial charge in [0.25, 0.3) is 5.91 Å². The van der Waals surface area contributed by atoms with Gasteiger partial charge < -0.3 is 9.80 Å². The monoisotopic (exact) mass is 367 g/mol. The van der Waals surface area contributed by atoms with Crippen molar-refractivity contribution >= 4 is 28.9 Å².